The largest absolute Gasteiger partial charge is 0.315 e. The van der Waals surface area contributed by atoms with Crippen LogP contribution in [0.5, 0.6) is 0 Å². The zero-order valence-corrected chi connectivity index (χ0v) is 12.2. The van der Waals surface area contributed by atoms with Crippen molar-refractivity contribution in [1.29, 1.82) is 0 Å². The third kappa shape index (κ3) is 1.90. The first kappa shape index (κ1) is 12.5. The van der Waals surface area contributed by atoms with Gasteiger partial charge in [0.1, 0.15) is 0 Å². The van der Waals surface area contributed by atoms with Crippen LogP contribution < -0.4 is 5.32 Å². The van der Waals surface area contributed by atoms with Gasteiger partial charge in [0, 0.05) is 12.5 Å². The van der Waals surface area contributed by atoms with Crippen LogP contribution in [0, 0.1) is 34.5 Å². The predicted octanol–water partition coefficient (Wildman–Crippen LogP) is 3.59. The monoisotopic (exact) mass is 245 g/mol. The topological polar surface area (TPSA) is 12.0 Å². The lowest BCUT2D eigenvalue weighted by molar-refractivity contribution is -0.116. The fourth-order valence-corrected chi connectivity index (χ4v) is 6.03. The molecule has 0 aromatic rings. The molecule has 1 heteroatoms. The van der Waals surface area contributed by atoms with Crippen molar-refractivity contribution in [3.05, 3.63) is 0 Å². The van der Waals surface area contributed by atoms with E-state index < -0.39 is 0 Å². The molecule has 4 aliphatic rings. The SMILES string of the molecule is CC#CCC(NC)C12CC3CC(CC(C)(C3)C1)C2. The fourth-order valence-electron chi connectivity index (χ4n) is 6.03. The van der Waals surface area contributed by atoms with Gasteiger partial charge in [-0.2, -0.15) is 0 Å². The van der Waals surface area contributed by atoms with Crippen LogP contribution in [0.2, 0.25) is 0 Å². The van der Waals surface area contributed by atoms with Gasteiger partial charge in [-0.25, -0.2) is 0 Å². The molecule has 4 fully saturated rings. The van der Waals surface area contributed by atoms with E-state index in [-0.39, 0.29) is 0 Å². The molecule has 0 radical (unpaired) electrons. The van der Waals surface area contributed by atoms with Crippen LogP contribution in [-0.4, -0.2) is 13.1 Å². The van der Waals surface area contributed by atoms with E-state index >= 15 is 0 Å². The average molecular weight is 245 g/mol. The van der Waals surface area contributed by atoms with Crippen molar-refractivity contribution >= 4 is 0 Å². The van der Waals surface area contributed by atoms with Gasteiger partial charge in [0.25, 0.3) is 0 Å². The molecule has 0 aliphatic heterocycles. The summed E-state index contributed by atoms with van der Waals surface area (Å²) in [5.74, 6) is 8.44. The Kier molecular flexibility index (Phi) is 2.98. The maximum Gasteiger partial charge on any atom is 0.0248 e. The quantitative estimate of drug-likeness (QED) is 0.749. The molecule has 0 spiro atoms. The number of nitrogens with one attached hydrogen (secondary N) is 1. The summed E-state index contributed by atoms with van der Waals surface area (Å²) in [6.45, 7) is 4.52. The first-order chi connectivity index (χ1) is 8.59. The van der Waals surface area contributed by atoms with E-state index in [9.17, 15) is 0 Å². The molecule has 1 nitrogen and oxygen atoms in total. The molecule has 0 amide bonds. The Balaban J connectivity index is 1.86. The standard InChI is InChI=1S/C17H27N/c1-4-5-6-15(18-3)17-10-13-7-14(11-17)9-16(2,8-13)12-17/h13-15,18H,6-12H2,1-3H3. The highest BCUT2D eigenvalue weighted by molar-refractivity contribution is 5.12. The number of hydrogen-bond donors (Lipinski definition) is 1. The van der Waals surface area contributed by atoms with Crippen molar-refractivity contribution < 1.29 is 0 Å². The van der Waals surface area contributed by atoms with Crippen LogP contribution in [0.25, 0.3) is 0 Å². The molecule has 18 heavy (non-hydrogen) atoms. The first-order valence-electron chi connectivity index (χ1n) is 7.66. The molecule has 1 N–H and O–H groups in total. The summed E-state index contributed by atoms with van der Waals surface area (Å²) in [5.41, 5.74) is 1.22. The second-order valence-electron chi connectivity index (χ2n) is 7.61. The minimum absolute atomic E-state index is 0.567. The summed E-state index contributed by atoms with van der Waals surface area (Å²) in [5, 5.41) is 3.61. The molecule has 100 valence electrons. The Morgan fingerprint density at radius 2 is 1.89 bits per heavy atom. The first-order valence-corrected chi connectivity index (χ1v) is 7.66. The van der Waals surface area contributed by atoms with Gasteiger partial charge in [0.05, 0.1) is 0 Å². The minimum Gasteiger partial charge on any atom is -0.315 e. The van der Waals surface area contributed by atoms with Crippen LogP contribution in [0.1, 0.15) is 58.8 Å². The Labute approximate surface area is 112 Å². The van der Waals surface area contributed by atoms with Crippen molar-refractivity contribution in [1.82, 2.24) is 5.32 Å². The van der Waals surface area contributed by atoms with Crippen LogP contribution in [-0.2, 0) is 0 Å². The van der Waals surface area contributed by atoms with Gasteiger partial charge in [0.15, 0.2) is 0 Å². The highest BCUT2D eigenvalue weighted by Crippen LogP contribution is 2.66. The lowest BCUT2D eigenvalue weighted by Crippen LogP contribution is -2.58. The second-order valence-corrected chi connectivity index (χ2v) is 7.61. The van der Waals surface area contributed by atoms with Crippen LogP contribution in [0.3, 0.4) is 0 Å². The van der Waals surface area contributed by atoms with Crippen molar-refractivity contribution in [3.63, 3.8) is 0 Å². The molecule has 4 rings (SSSR count). The zero-order valence-electron chi connectivity index (χ0n) is 12.2. The molecule has 0 aromatic heterocycles. The second kappa shape index (κ2) is 4.27. The smallest absolute Gasteiger partial charge is 0.0248 e. The molecule has 3 atom stereocenters. The van der Waals surface area contributed by atoms with Gasteiger partial charge in [0.2, 0.25) is 0 Å². The predicted molar refractivity (Wildman–Crippen MR) is 76.1 cm³/mol. The number of rotatable bonds is 3. The van der Waals surface area contributed by atoms with E-state index in [1.165, 1.54) is 38.5 Å². The van der Waals surface area contributed by atoms with Crippen molar-refractivity contribution in [2.45, 2.75) is 64.8 Å². The summed E-state index contributed by atoms with van der Waals surface area (Å²) >= 11 is 0. The molecule has 0 heterocycles. The Morgan fingerprint density at radius 1 is 1.22 bits per heavy atom. The molecule has 4 saturated carbocycles. The van der Waals surface area contributed by atoms with E-state index in [2.05, 4.69) is 31.1 Å². The molecular weight excluding hydrogens is 218 g/mol. The fraction of sp³-hybridized carbons (Fsp3) is 0.882. The third-order valence-electron chi connectivity index (χ3n) is 5.97. The van der Waals surface area contributed by atoms with Crippen LogP contribution in [0.4, 0.5) is 0 Å². The maximum absolute atomic E-state index is 3.61. The Hall–Kier alpha value is -0.480. The molecule has 0 saturated heterocycles. The highest BCUT2D eigenvalue weighted by Gasteiger charge is 2.57. The van der Waals surface area contributed by atoms with Crippen molar-refractivity contribution in [2.75, 3.05) is 7.05 Å². The average Bonchev–Trinajstić information content (AvgIpc) is 2.26. The van der Waals surface area contributed by atoms with E-state index in [1.807, 2.05) is 6.92 Å². The highest BCUT2D eigenvalue weighted by atomic mass is 14.9. The zero-order chi connectivity index (χ0) is 12.8. The Morgan fingerprint density at radius 3 is 2.39 bits per heavy atom. The summed E-state index contributed by atoms with van der Waals surface area (Å²) in [7, 11) is 2.14. The molecular formula is C17H27N. The van der Waals surface area contributed by atoms with Gasteiger partial charge in [-0.05, 0) is 75.2 Å². The van der Waals surface area contributed by atoms with E-state index in [0.29, 0.717) is 16.9 Å². The van der Waals surface area contributed by atoms with Gasteiger partial charge < -0.3 is 5.32 Å². The molecule has 0 aromatic carbocycles. The third-order valence-corrected chi connectivity index (χ3v) is 5.97. The maximum atomic E-state index is 3.61. The van der Waals surface area contributed by atoms with E-state index in [4.69, 9.17) is 0 Å². The van der Waals surface area contributed by atoms with Crippen LogP contribution >= 0.6 is 0 Å². The van der Waals surface area contributed by atoms with Crippen molar-refractivity contribution in [3.8, 4) is 11.8 Å². The normalized spacial score (nSPS) is 46.6. The van der Waals surface area contributed by atoms with Crippen molar-refractivity contribution in [2.24, 2.45) is 22.7 Å². The van der Waals surface area contributed by atoms with Crippen LogP contribution in [0.15, 0.2) is 0 Å². The van der Waals surface area contributed by atoms with Gasteiger partial charge >= 0.3 is 0 Å². The van der Waals surface area contributed by atoms with Gasteiger partial charge in [-0.15, -0.1) is 11.8 Å². The summed E-state index contributed by atoms with van der Waals surface area (Å²) < 4.78 is 0. The van der Waals surface area contributed by atoms with E-state index in [0.717, 1.165) is 18.3 Å². The molecule has 4 bridgehead atoms. The summed E-state index contributed by atoms with van der Waals surface area (Å²) in [6.07, 6.45) is 9.95. The lowest BCUT2D eigenvalue weighted by Gasteiger charge is -2.63. The molecule has 3 unspecified atom stereocenters. The molecule has 4 aliphatic carbocycles. The minimum atomic E-state index is 0.567. The summed E-state index contributed by atoms with van der Waals surface area (Å²) in [6, 6.07) is 0.621. The van der Waals surface area contributed by atoms with Gasteiger partial charge in [-0.1, -0.05) is 6.92 Å². The van der Waals surface area contributed by atoms with E-state index in [1.54, 1.807) is 0 Å². The number of hydrogen-bond acceptors (Lipinski definition) is 1. The Bertz CT molecular complexity index is 372. The lowest BCUT2D eigenvalue weighted by atomic mass is 9.43. The summed E-state index contributed by atoms with van der Waals surface area (Å²) in [4.78, 5) is 0. The van der Waals surface area contributed by atoms with Gasteiger partial charge in [-0.3, -0.25) is 0 Å².